The molecule has 0 saturated carbocycles. The van der Waals surface area contributed by atoms with Crippen molar-refractivity contribution in [2.75, 3.05) is 12.8 Å². The average molecular weight is 251 g/mol. The molecule has 0 fully saturated rings. The van der Waals surface area contributed by atoms with E-state index in [2.05, 4.69) is 9.97 Å². The molecule has 2 heterocycles. The number of hydrogen-bond donors (Lipinski definition) is 1. The fourth-order valence-electron chi connectivity index (χ4n) is 2.02. The number of nitrogens with two attached hydrogens (primary N) is 1. The third-order valence-electron chi connectivity index (χ3n) is 3.01. The van der Waals surface area contributed by atoms with E-state index >= 15 is 0 Å². The minimum absolute atomic E-state index is 0.677. The van der Waals surface area contributed by atoms with E-state index in [4.69, 9.17) is 10.5 Å². The maximum Gasteiger partial charge on any atom is 0.119 e. The molecule has 0 saturated heterocycles. The first-order valence-electron chi connectivity index (χ1n) is 5.92. The van der Waals surface area contributed by atoms with Gasteiger partial charge in [-0.1, -0.05) is 12.1 Å². The molecule has 2 aromatic heterocycles. The minimum Gasteiger partial charge on any atom is -0.497 e. The number of nitrogen functional groups attached to an aromatic ring is 1. The lowest BCUT2D eigenvalue weighted by atomic mass is 10.1. The molecule has 3 rings (SSSR count). The Hall–Kier alpha value is -2.62. The van der Waals surface area contributed by atoms with E-state index in [0.717, 1.165) is 27.9 Å². The molecule has 0 bridgehead atoms. The summed E-state index contributed by atoms with van der Waals surface area (Å²) in [7, 11) is 1.65. The Morgan fingerprint density at radius 1 is 1.16 bits per heavy atom. The fourth-order valence-corrected chi connectivity index (χ4v) is 2.02. The van der Waals surface area contributed by atoms with Crippen LogP contribution in [0.1, 0.15) is 0 Å². The molecule has 0 spiro atoms. The van der Waals surface area contributed by atoms with Gasteiger partial charge in [0.25, 0.3) is 0 Å². The first-order valence-corrected chi connectivity index (χ1v) is 5.92. The molecule has 0 amide bonds. The highest BCUT2D eigenvalue weighted by Crippen LogP contribution is 2.27. The van der Waals surface area contributed by atoms with Gasteiger partial charge < -0.3 is 10.5 Å². The van der Waals surface area contributed by atoms with Crippen LogP contribution in [0.3, 0.4) is 0 Å². The zero-order valence-corrected chi connectivity index (χ0v) is 10.5. The summed E-state index contributed by atoms with van der Waals surface area (Å²) >= 11 is 0. The second-order valence-electron chi connectivity index (χ2n) is 4.22. The SMILES string of the molecule is COc1cccc(-c2cc(N)c3cnccc3n2)c1. The number of fused-ring (bicyclic) bond motifs is 1. The zero-order chi connectivity index (χ0) is 13.2. The number of hydrogen-bond acceptors (Lipinski definition) is 4. The molecule has 0 aliphatic rings. The number of pyridine rings is 2. The monoisotopic (exact) mass is 251 g/mol. The van der Waals surface area contributed by atoms with Gasteiger partial charge in [-0.2, -0.15) is 0 Å². The fraction of sp³-hybridized carbons (Fsp3) is 0.0667. The standard InChI is InChI=1S/C15H13N3O/c1-19-11-4-2-3-10(7-11)15-8-13(16)12-9-17-6-5-14(12)18-15/h2-9H,1H3,(H2,16,18). The summed E-state index contributed by atoms with van der Waals surface area (Å²) in [6.45, 7) is 0. The summed E-state index contributed by atoms with van der Waals surface area (Å²) in [5.74, 6) is 0.799. The molecule has 0 aliphatic heterocycles. The van der Waals surface area contributed by atoms with Gasteiger partial charge in [0, 0.05) is 29.0 Å². The zero-order valence-electron chi connectivity index (χ0n) is 10.5. The molecule has 2 N–H and O–H groups in total. The Labute approximate surface area is 110 Å². The number of nitrogens with zero attached hydrogens (tertiary/aromatic N) is 2. The van der Waals surface area contributed by atoms with E-state index < -0.39 is 0 Å². The van der Waals surface area contributed by atoms with E-state index in [-0.39, 0.29) is 0 Å². The quantitative estimate of drug-likeness (QED) is 0.760. The van der Waals surface area contributed by atoms with Gasteiger partial charge in [0.2, 0.25) is 0 Å². The summed E-state index contributed by atoms with van der Waals surface area (Å²) in [4.78, 5) is 8.67. The third-order valence-corrected chi connectivity index (χ3v) is 3.01. The molecule has 0 unspecified atom stereocenters. The summed E-state index contributed by atoms with van der Waals surface area (Å²) in [5.41, 5.74) is 9.38. The summed E-state index contributed by atoms with van der Waals surface area (Å²) in [6.07, 6.45) is 3.44. The van der Waals surface area contributed by atoms with Crippen molar-refractivity contribution >= 4 is 16.6 Å². The number of methoxy groups -OCH3 is 1. The Kier molecular flexibility index (Phi) is 2.76. The van der Waals surface area contributed by atoms with Crippen molar-refractivity contribution < 1.29 is 4.74 Å². The summed E-state index contributed by atoms with van der Waals surface area (Å²) in [6, 6.07) is 11.5. The third kappa shape index (κ3) is 2.08. The van der Waals surface area contributed by atoms with E-state index in [1.807, 2.05) is 36.4 Å². The van der Waals surface area contributed by atoms with E-state index in [9.17, 15) is 0 Å². The molecule has 0 aliphatic carbocycles. The molecule has 19 heavy (non-hydrogen) atoms. The van der Waals surface area contributed by atoms with Crippen LogP contribution in [0.15, 0.2) is 48.8 Å². The van der Waals surface area contributed by atoms with Crippen LogP contribution in [-0.2, 0) is 0 Å². The maximum absolute atomic E-state index is 6.05. The Bertz CT molecular complexity index is 740. The highest BCUT2D eigenvalue weighted by atomic mass is 16.5. The lowest BCUT2D eigenvalue weighted by Gasteiger charge is -2.07. The number of ether oxygens (including phenoxy) is 1. The van der Waals surface area contributed by atoms with E-state index in [0.29, 0.717) is 5.69 Å². The smallest absolute Gasteiger partial charge is 0.119 e. The van der Waals surface area contributed by atoms with Crippen molar-refractivity contribution in [1.29, 1.82) is 0 Å². The van der Waals surface area contributed by atoms with Crippen LogP contribution in [0.25, 0.3) is 22.2 Å². The molecular weight excluding hydrogens is 238 g/mol. The van der Waals surface area contributed by atoms with Crippen LogP contribution < -0.4 is 10.5 Å². The largest absolute Gasteiger partial charge is 0.497 e. The summed E-state index contributed by atoms with van der Waals surface area (Å²) < 4.78 is 5.23. The number of rotatable bonds is 2. The predicted molar refractivity (Wildman–Crippen MR) is 75.9 cm³/mol. The van der Waals surface area contributed by atoms with Crippen LogP contribution in [0, 0.1) is 0 Å². The van der Waals surface area contributed by atoms with Gasteiger partial charge in [0.1, 0.15) is 5.75 Å². The average Bonchev–Trinajstić information content (AvgIpc) is 2.47. The molecule has 94 valence electrons. The van der Waals surface area contributed by atoms with Gasteiger partial charge >= 0.3 is 0 Å². The molecular formula is C15H13N3O. The van der Waals surface area contributed by atoms with Crippen molar-refractivity contribution in [3.05, 3.63) is 48.8 Å². The molecule has 0 radical (unpaired) electrons. The maximum atomic E-state index is 6.05. The predicted octanol–water partition coefficient (Wildman–Crippen LogP) is 2.89. The lowest BCUT2D eigenvalue weighted by Crippen LogP contribution is -1.93. The van der Waals surface area contributed by atoms with Crippen molar-refractivity contribution in [2.24, 2.45) is 0 Å². The molecule has 3 aromatic rings. The van der Waals surface area contributed by atoms with Gasteiger partial charge in [-0.3, -0.25) is 4.98 Å². The lowest BCUT2D eigenvalue weighted by molar-refractivity contribution is 0.415. The second-order valence-corrected chi connectivity index (χ2v) is 4.22. The van der Waals surface area contributed by atoms with Crippen molar-refractivity contribution in [2.45, 2.75) is 0 Å². The van der Waals surface area contributed by atoms with Crippen molar-refractivity contribution in [3.63, 3.8) is 0 Å². The highest BCUT2D eigenvalue weighted by Gasteiger charge is 2.06. The van der Waals surface area contributed by atoms with Crippen LogP contribution in [0.2, 0.25) is 0 Å². The summed E-state index contributed by atoms with van der Waals surface area (Å²) in [5, 5.41) is 0.870. The van der Waals surface area contributed by atoms with Crippen LogP contribution in [0.5, 0.6) is 5.75 Å². The van der Waals surface area contributed by atoms with Gasteiger partial charge in [-0.25, -0.2) is 4.98 Å². The van der Waals surface area contributed by atoms with Gasteiger partial charge in [-0.15, -0.1) is 0 Å². The minimum atomic E-state index is 0.677. The van der Waals surface area contributed by atoms with Crippen LogP contribution in [-0.4, -0.2) is 17.1 Å². The molecule has 1 aromatic carbocycles. The van der Waals surface area contributed by atoms with Crippen molar-refractivity contribution in [3.8, 4) is 17.0 Å². The van der Waals surface area contributed by atoms with Gasteiger partial charge in [0.05, 0.1) is 18.3 Å². The first-order chi connectivity index (χ1) is 9.28. The first kappa shape index (κ1) is 11.5. The van der Waals surface area contributed by atoms with E-state index in [1.165, 1.54) is 0 Å². The van der Waals surface area contributed by atoms with Crippen LogP contribution in [0.4, 0.5) is 5.69 Å². The second kappa shape index (κ2) is 4.57. The number of benzene rings is 1. The van der Waals surface area contributed by atoms with Crippen molar-refractivity contribution in [1.82, 2.24) is 9.97 Å². The van der Waals surface area contributed by atoms with Gasteiger partial charge in [0.15, 0.2) is 0 Å². The molecule has 4 nitrogen and oxygen atoms in total. The number of anilines is 1. The molecule has 0 atom stereocenters. The topological polar surface area (TPSA) is 61.0 Å². The number of aromatic nitrogens is 2. The van der Waals surface area contributed by atoms with Crippen LogP contribution >= 0.6 is 0 Å². The Morgan fingerprint density at radius 2 is 2.05 bits per heavy atom. The van der Waals surface area contributed by atoms with Gasteiger partial charge in [-0.05, 0) is 24.3 Å². The Morgan fingerprint density at radius 3 is 2.89 bits per heavy atom. The highest BCUT2D eigenvalue weighted by molar-refractivity contribution is 5.91. The molecule has 4 heteroatoms. The normalized spacial score (nSPS) is 10.6. The Balaban J connectivity index is 2.19. The van der Waals surface area contributed by atoms with E-state index in [1.54, 1.807) is 19.5 Å².